The minimum Gasteiger partial charge on any atom is -0.501 e. The van der Waals surface area contributed by atoms with Gasteiger partial charge in [-0.3, -0.25) is 14.9 Å². The van der Waals surface area contributed by atoms with Crippen LogP contribution in [0.4, 0.5) is 5.69 Å². The number of carboxylic acids is 1. The Morgan fingerprint density at radius 2 is 2.05 bits per heavy atom. The summed E-state index contributed by atoms with van der Waals surface area (Å²) in [4.78, 5) is 19.3. The molecule has 1 aromatic carbocycles. The molecule has 0 amide bonds. The van der Waals surface area contributed by atoms with Gasteiger partial charge >= 0.3 is 11.7 Å². The maximum atomic E-state index is 11.9. The third-order valence-corrected chi connectivity index (χ3v) is 4.27. The van der Waals surface area contributed by atoms with Crippen LogP contribution in [0.2, 0.25) is 5.02 Å². The Balaban J connectivity index is 3.42. The summed E-state index contributed by atoms with van der Waals surface area (Å²) in [7, 11) is -4.54. The smallest absolute Gasteiger partial charge is 0.321 e. The lowest BCUT2D eigenvalue weighted by Gasteiger charge is -2.12. The van der Waals surface area contributed by atoms with Gasteiger partial charge in [0.2, 0.25) is 15.8 Å². The van der Waals surface area contributed by atoms with Gasteiger partial charge in [-0.05, 0) is 13.0 Å². The van der Waals surface area contributed by atoms with Crippen molar-refractivity contribution in [1.29, 1.82) is 0 Å². The van der Waals surface area contributed by atoms with Crippen LogP contribution in [0.15, 0.2) is 17.0 Å². The van der Waals surface area contributed by atoms with Crippen molar-refractivity contribution in [3.05, 3.63) is 27.3 Å². The van der Waals surface area contributed by atoms with Crippen molar-refractivity contribution in [3.8, 4) is 5.75 Å². The number of aromatic hydroxyl groups is 1. The molecule has 0 aliphatic carbocycles. The van der Waals surface area contributed by atoms with Crippen molar-refractivity contribution in [1.82, 2.24) is 4.72 Å². The van der Waals surface area contributed by atoms with Crippen molar-refractivity contribution >= 4 is 33.3 Å². The second kappa shape index (κ2) is 5.61. The molecule has 0 aromatic heterocycles. The molecule has 0 radical (unpaired) electrons. The fourth-order valence-corrected chi connectivity index (χ4v) is 3.11. The van der Waals surface area contributed by atoms with Gasteiger partial charge in [0.1, 0.15) is 10.9 Å². The number of nitrogens with one attached hydrogen (secondary N) is 1. The highest BCUT2D eigenvalue weighted by Gasteiger charge is 2.31. The van der Waals surface area contributed by atoms with E-state index >= 15 is 0 Å². The quantitative estimate of drug-likeness (QED) is 0.533. The van der Waals surface area contributed by atoms with Gasteiger partial charge in [-0.1, -0.05) is 11.6 Å². The Bertz CT molecular complexity index is 673. The van der Waals surface area contributed by atoms with Crippen LogP contribution in [-0.2, 0) is 14.8 Å². The van der Waals surface area contributed by atoms with Crippen molar-refractivity contribution in [3.63, 3.8) is 0 Å². The summed E-state index contributed by atoms with van der Waals surface area (Å²) in [5.41, 5.74) is -0.863. The van der Waals surface area contributed by atoms with E-state index in [2.05, 4.69) is 0 Å². The number of carboxylic acid groups (broad SMARTS) is 1. The molecule has 3 N–H and O–H groups in total. The molecule has 1 rings (SSSR count). The van der Waals surface area contributed by atoms with Crippen LogP contribution in [0.25, 0.3) is 0 Å². The zero-order valence-corrected chi connectivity index (χ0v) is 11.5. The van der Waals surface area contributed by atoms with Gasteiger partial charge < -0.3 is 10.2 Å². The molecule has 0 saturated carbocycles. The lowest BCUT2D eigenvalue weighted by Crippen LogP contribution is -2.38. The maximum absolute atomic E-state index is 11.9. The predicted octanol–water partition coefficient (Wildman–Crippen LogP) is 0.705. The first-order chi connectivity index (χ1) is 9.08. The van der Waals surface area contributed by atoms with Gasteiger partial charge in [-0.25, -0.2) is 8.42 Å². The first-order valence-corrected chi connectivity index (χ1v) is 6.85. The molecule has 0 bridgehead atoms. The van der Waals surface area contributed by atoms with E-state index in [0.29, 0.717) is 0 Å². The van der Waals surface area contributed by atoms with Crippen molar-refractivity contribution in [2.24, 2.45) is 0 Å². The van der Waals surface area contributed by atoms with E-state index in [1.807, 2.05) is 0 Å². The predicted molar refractivity (Wildman–Crippen MR) is 67.2 cm³/mol. The number of halogens is 1. The Morgan fingerprint density at radius 1 is 1.50 bits per heavy atom. The number of phenolic OH excluding ortho intramolecular Hbond substituents is 1. The molecule has 0 spiro atoms. The fourth-order valence-electron chi connectivity index (χ4n) is 1.28. The van der Waals surface area contributed by atoms with E-state index in [0.717, 1.165) is 19.1 Å². The molecule has 0 fully saturated rings. The summed E-state index contributed by atoms with van der Waals surface area (Å²) in [6.45, 7) is 1.04. The van der Waals surface area contributed by atoms with E-state index in [4.69, 9.17) is 16.7 Å². The number of carbonyl (C=O) groups is 1. The zero-order chi connectivity index (χ0) is 15.7. The number of nitro benzene ring substituents is 1. The molecule has 0 aliphatic heterocycles. The number of aliphatic carboxylic acids is 1. The second-order valence-electron chi connectivity index (χ2n) is 3.68. The fraction of sp³-hybridized carbons (Fsp3) is 0.222. The summed E-state index contributed by atoms with van der Waals surface area (Å²) in [5, 5.41) is 28.4. The maximum Gasteiger partial charge on any atom is 0.321 e. The van der Waals surface area contributed by atoms with Crippen LogP contribution >= 0.6 is 11.6 Å². The lowest BCUT2D eigenvalue weighted by molar-refractivity contribution is -0.386. The van der Waals surface area contributed by atoms with E-state index in [1.54, 1.807) is 4.72 Å². The number of nitrogens with zero attached hydrogens (tertiary/aromatic N) is 1. The van der Waals surface area contributed by atoms with E-state index in [-0.39, 0.29) is 0 Å². The molecule has 0 aliphatic rings. The first-order valence-electron chi connectivity index (χ1n) is 4.99. The Hall–Kier alpha value is -1.91. The minimum absolute atomic E-state index is 0.474. The van der Waals surface area contributed by atoms with Gasteiger partial charge in [-0.2, -0.15) is 4.72 Å². The van der Waals surface area contributed by atoms with Gasteiger partial charge in [-0.15, -0.1) is 0 Å². The third-order valence-electron chi connectivity index (χ3n) is 2.23. The van der Waals surface area contributed by atoms with E-state index in [9.17, 15) is 28.4 Å². The average Bonchev–Trinajstić information content (AvgIpc) is 2.26. The van der Waals surface area contributed by atoms with Crippen LogP contribution in [0, 0.1) is 10.1 Å². The number of nitro groups is 1. The summed E-state index contributed by atoms with van der Waals surface area (Å²) in [6, 6.07) is 0.242. The lowest BCUT2D eigenvalue weighted by atomic mass is 10.3. The Labute approximate surface area is 118 Å². The standard InChI is InChI=1S/C9H9ClN2O7S/c1-4(9(14)15)11-20(18,19)8-5(10)2-3-6(7(8)13)12(16)17/h2-4,11,13H,1H3,(H,14,15). The number of hydrogen-bond acceptors (Lipinski definition) is 6. The minimum atomic E-state index is -4.54. The molecule has 9 nitrogen and oxygen atoms in total. The average molecular weight is 325 g/mol. The topological polar surface area (TPSA) is 147 Å². The van der Waals surface area contributed by atoms with E-state index in [1.165, 1.54) is 0 Å². The van der Waals surface area contributed by atoms with Gasteiger partial charge in [0.25, 0.3) is 0 Å². The summed E-state index contributed by atoms with van der Waals surface area (Å²) in [5.74, 6) is -2.62. The van der Waals surface area contributed by atoms with Crippen LogP contribution in [0.3, 0.4) is 0 Å². The molecular formula is C9H9ClN2O7S. The summed E-state index contributed by atoms with van der Waals surface area (Å²) in [6.07, 6.45) is 0. The van der Waals surface area contributed by atoms with Crippen molar-refractivity contribution in [2.45, 2.75) is 17.9 Å². The Morgan fingerprint density at radius 3 is 2.50 bits per heavy atom. The van der Waals surface area contributed by atoms with Crippen LogP contribution in [0.5, 0.6) is 5.75 Å². The Kier molecular flexibility index (Phi) is 4.53. The molecule has 11 heteroatoms. The largest absolute Gasteiger partial charge is 0.501 e. The van der Waals surface area contributed by atoms with Crippen LogP contribution in [0.1, 0.15) is 6.92 Å². The van der Waals surface area contributed by atoms with Crippen molar-refractivity contribution in [2.75, 3.05) is 0 Å². The van der Waals surface area contributed by atoms with Crippen molar-refractivity contribution < 1.29 is 28.3 Å². The number of hydrogen-bond donors (Lipinski definition) is 3. The number of rotatable bonds is 5. The van der Waals surface area contributed by atoms with E-state index < -0.39 is 48.3 Å². The normalized spacial score (nSPS) is 12.9. The monoisotopic (exact) mass is 324 g/mol. The van der Waals surface area contributed by atoms with Crippen LogP contribution in [-0.4, -0.2) is 35.6 Å². The number of phenols is 1. The molecule has 1 atom stereocenters. The molecule has 0 heterocycles. The molecule has 1 aromatic rings. The number of sulfonamides is 1. The highest BCUT2D eigenvalue weighted by molar-refractivity contribution is 7.89. The number of benzene rings is 1. The molecule has 0 saturated heterocycles. The van der Waals surface area contributed by atoms with Gasteiger partial charge in [0.15, 0.2) is 0 Å². The van der Waals surface area contributed by atoms with Gasteiger partial charge in [0.05, 0.1) is 9.95 Å². The highest BCUT2D eigenvalue weighted by atomic mass is 35.5. The first kappa shape index (κ1) is 16.1. The second-order valence-corrected chi connectivity index (χ2v) is 5.74. The SMILES string of the molecule is CC(NS(=O)(=O)c1c(Cl)ccc([N+](=O)[O-])c1O)C(=O)O. The summed E-state index contributed by atoms with van der Waals surface area (Å²) >= 11 is 5.60. The van der Waals surface area contributed by atoms with Crippen LogP contribution < -0.4 is 4.72 Å². The molecular weight excluding hydrogens is 316 g/mol. The zero-order valence-electron chi connectivity index (χ0n) is 9.90. The third kappa shape index (κ3) is 3.15. The highest BCUT2D eigenvalue weighted by Crippen LogP contribution is 2.37. The molecule has 1 unspecified atom stereocenters. The van der Waals surface area contributed by atoms with Gasteiger partial charge in [0, 0.05) is 6.07 Å². The summed E-state index contributed by atoms with van der Waals surface area (Å²) < 4.78 is 25.6. The molecule has 20 heavy (non-hydrogen) atoms. The molecule has 110 valence electrons.